The fraction of sp³-hybridized carbons (Fsp3) is 0.241. The van der Waals surface area contributed by atoms with Crippen LogP contribution in [0.1, 0.15) is 5.56 Å². The number of carbonyl (C=O) groups excluding carboxylic acids is 1. The molecule has 0 spiro atoms. The summed E-state index contributed by atoms with van der Waals surface area (Å²) in [5.74, 6) is 0. The third-order valence-electron chi connectivity index (χ3n) is 7.00. The maximum absolute atomic E-state index is 13.3. The van der Waals surface area contributed by atoms with Crippen LogP contribution in [-0.2, 0) is 17.5 Å². The molecule has 9 nitrogen and oxygen atoms in total. The van der Waals surface area contributed by atoms with Crippen molar-refractivity contribution in [3.8, 4) is 11.1 Å². The van der Waals surface area contributed by atoms with Crippen LogP contribution in [0, 0.1) is 0 Å². The largest absolute Gasteiger partial charge is 0.416 e. The van der Waals surface area contributed by atoms with Gasteiger partial charge in [0.2, 0.25) is 0 Å². The molecule has 3 aromatic carbocycles. The minimum absolute atomic E-state index is 0.101. The van der Waals surface area contributed by atoms with Crippen LogP contribution >= 0.6 is 11.3 Å². The van der Waals surface area contributed by atoms with Gasteiger partial charge in [0.15, 0.2) is 5.13 Å². The molecule has 1 fully saturated rings. The Morgan fingerprint density at radius 2 is 1.67 bits per heavy atom. The number of thiazole rings is 1. The molecule has 5 aromatic rings. The number of aromatic nitrogens is 3. The molecule has 1 aliphatic heterocycles. The van der Waals surface area contributed by atoms with Gasteiger partial charge in [-0.05, 0) is 59.7 Å². The van der Waals surface area contributed by atoms with E-state index in [1.807, 2.05) is 36.4 Å². The van der Waals surface area contributed by atoms with Gasteiger partial charge < -0.3 is 10.1 Å². The monoisotopic (exact) mass is 594 g/mol. The minimum Gasteiger partial charge on any atom is -0.379 e. The molecule has 3 heterocycles. The Balaban J connectivity index is 1.17. The second kappa shape index (κ2) is 11.5. The van der Waals surface area contributed by atoms with Crippen molar-refractivity contribution in [2.75, 3.05) is 43.5 Å². The third kappa shape index (κ3) is 6.12. The van der Waals surface area contributed by atoms with Crippen molar-refractivity contribution in [2.45, 2.75) is 12.7 Å². The van der Waals surface area contributed by atoms with E-state index in [4.69, 9.17) is 4.74 Å². The molecule has 42 heavy (non-hydrogen) atoms. The van der Waals surface area contributed by atoms with Crippen LogP contribution in [0.15, 0.2) is 71.8 Å². The van der Waals surface area contributed by atoms with Gasteiger partial charge in [-0.1, -0.05) is 23.5 Å². The molecular weight excluding hydrogens is 569 g/mol. The van der Waals surface area contributed by atoms with Crippen LogP contribution in [0.25, 0.3) is 32.2 Å². The van der Waals surface area contributed by atoms with Crippen molar-refractivity contribution in [1.82, 2.24) is 19.4 Å². The number of ether oxygens (including phenoxy) is 1. The lowest BCUT2D eigenvalue weighted by atomic mass is 10.0. The van der Waals surface area contributed by atoms with Crippen molar-refractivity contribution >= 4 is 49.3 Å². The number of rotatable bonds is 6. The smallest absolute Gasteiger partial charge is 0.379 e. The van der Waals surface area contributed by atoms with Gasteiger partial charge in [-0.15, -0.1) is 0 Å². The summed E-state index contributed by atoms with van der Waals surface area (Å²) in [7, 11) is 0. The molecule has 13 heteroatoms. The number of nitrogens with zero attached hydrogens (tertiary/aromatic N) is 4. The predicted octanol–water partition coefficient (Wildman–Crippen LogP) is 5.67. The van der Waals surface area contributed by atoms with Gasteiger partial charge in [-0.25, -0.2) is 14.8 Å². The topological polar surface area (TPSA) is 101 Å². The van der Waals surface area contributed by atoms with Crippen molar-refractivity contribution in [1.29, 1.82) is 0 Å². The number of morpholine rings is 1. The molecule has 6 rings (SSSR count). The molecule has 0 unspecified atom stereocenters. The molecule has 0 bridgehead atoms. The molecule has 1 saturated heterocycles. The number of hydrogen-bond donors (Lipinski definition) is 2. The van der Waals surface area contributed by atoms with Crippen LogP contribution < -0.4 is 16.2 Å². The molecule has 0 atom stereocenters. The maximum atomic E-state index is 13.3. The summed E-state index contributed by atoms with van der Waals surface area (Å²) in [5, 5.41) is 5.99. The quantitative estimate of drug-likeness (QED) is 0.263. The Morgan fingerprint density at radius 1 is 0.929 bits per heavy atom. The van der Waals surface area contributed by atoms with Gasteiger partial charge in [0.25, 0.3) is 5.56 Å². The number of alkyl halides is 3. The average Bonchev–Trinajstić information content (AvgIpc) is 3.38. The second-order valence-electron chi connectivity index (χ2n) is 9.78. The fourth-order valence-electron chi connectivity index (χ4n) is 4.73. The van der Waals surface area contributed by atoms with Gasteiger partial charge in [0.05, 0.1) is 46.2 Å². The third-order valence-corrected chi connectivity index (χ3v) is 7.95. The van der Waals surface area contributed by atoms with Crippen molar-refractivity contribution in [3.05, 3.63) is 82.9 Å². The number of halogens is 3. The van der Waals surface area contributed by atoms with E-state index >= 15 is 0 Å². The van der Waals surface area contributed by atoms with E-state index in [1.165, 1.54) is 23.5 Å². The van der Waals surface area contributed by atoms with Crippen LogP contribution in [-0.4, -0.2) is 58.3 Å². The first-order chi connectivity index (χ1) is 20.2. The number of anilines is 2. The summed E-state index contributed by atoms with van der Waals surface area (Å²) in [6.07, 6.45) is -2.86. The first-order valence-electron chi connectivity index (χ1n) is 13.2. The summed E-state index contributed by atoms with van der Waals surface area (Å²) >= 11 is 1.26. The van der Waals surface area contributed by atoms with Crippen molar-refractivity contribution in [3.63, 3.8) is 0 Å². The highest BCUT2D eigenvalue weighted by Gasteiger charge is 2.30. The van der Waals surface area contributed by atoms with Crippen LogP contribution in [0.3, 0.4) is 0 Å². The van der Waals surface area contributed by atoms with Crippen molar-refractivity contribution < 1.29 is 22.7 Å². The van der Waals surface area contributed by atoms with E-state index in [0.29, 0.717) is 41.3 Å². The SMILES string of the molecule is O=C(Nc1ccc(C(F)(F)F)cc1)Nc1nc2cc(-c3ccc4ncn(CCN5CCOCC5)c(=O)c4c3)ccc2s1. The van der Waals surface area contributed by atoms with Gasteiger partial charge >= 0.3 is 12.2 Å². The highest BCUT2D eigenvalue weighted by Crippen LogP contribution is 2.32. The van der Waals surface area contributed by atoms with E-state index in [9.17, 15) is 22.8 Å². The number of urea groups is 1. The predicted molar refractivity (Wildman–Crippen MR) is 156 cm³/mol. The Kier molecular flexibility index (Phi) is 7.62. The van der Waals surface area contributed by atoms with E-state index in [0.717, 1.165) is 47.6 Å². The average molecular weight is 595 g/mol. The number of carbonyl (C=O) groups is 1. The lowest BCUT2D eigenvalue weighted by molar-refractivity contribution is -0.137. The number of hydrogen-bond acceptors (Lipinski definition) is 7. The number of fused-ring (bicyclic) bond motifs is 2. The Bertz CT molecular complexity index is 1810. The zero-order chi connectivity index (χ0) is 29.3. The minimum atomic E-state index is -4.45. The molecule has 2 N–H and O–H groups in total. The van der Waals surface area contributed by atoms with Gasteiger partial charge in [-0.3, -0.25) is 19.6 Å². The van der Waals surface area contributed by atoms with Gasteiger partial charge in [0.1, 0.15) is 0 Å². The number of nitrogens with one attached hydrogen (secondary N) is 2. The van der Waals surface area contributed by atoms with Crippen molar-refractivity contribution in [2.24, 2.45) is 0 Å². The first kappa shape index (κ1) is 27.8. The van der Waals surface area contributed by atoms with E-state index in [-0.39, 0.29) is 11.2 Å². The Morgan fingerprint density at radius 3 is 2.43 bits per heavy atom. The maximum Gasteiger partial charge on any atom is 0.416 e. The molecule has 0 aliphatic carbocycles. The first-order valence-corrected chi connectivity index (χ1v) is 14.0. The normalized spacial score (nSPS) is 14.4. The van der Waals surface area contributed by atoms with Gasteiger partial charge in [0, 0.05) is 31.9 Å². The molecule has 1 aliphatic rings. The lowest BCUT2D eigenvalue weighted by Crippen LogP contribution is -2.39. The van der Waals surface area contributed by atoms with E-state index in [1.54, 1.807) is 10.9 Å². The second-order valence-corrected chi connectivity index (χ2v) is 10.8. The molecule has 0 radical (unpaired) electrons. The summed E-state index contributed by atoms with van der Waals surface area (Å²) in [5.41, 5.74) is 2.26. The van der Waals surface area contributed by atoms with E-state index in [2.05, 4.69) is 25.5 Å². The standard InChI is InChI=1S/C29H25F3N6O3S/c30-29(31,32)20-3-5-21(6-4-20)34-27(40)36-28-35-24-16-19(2-8-25(24)42-28)18-1-7-23-22(15-18)26(39)38(17-33-23)10-9-37-11-13-41-14-12-37/h1-8,15-17H,9-14H2,(H2,34,35,36,40). The fourth-order valence-corrected chi connectivity index (χ4v) is 5.58. The number of amides is 2. The van der Waals surface area contributed by atoms with E-state index < -0.39 is 17.8 Å². The summed E-state index contributed by atoms with van der Waals surface area (Å²) in [6, 6.07) is 14.8. The Hall–Kier alpha value is -4.33. The molecule has 216 valence electrons. The zero-order valence-electron chi connectivity index (χ0n) is 22.1. The lowest BCUT2D eigenvalue weighted by Gasteiger charge is -2.26. The highest BCUT2D eigenvalue weighted by atomic mass is 32.1. The summed E-state index contributed by atoms with van der Waals surface area (Å²) in [6.45, 7) is 4.38. The zero-order valence-corrected chi connectivity index (χ0v) is 23.0. The van der Waals surface area contributed by atoms with Crippen LogP contribution in [0.2, 0.25) is 0 Å². The molecule has 0 saturated carbocycles. The Labute approximate surface area is 241 Å². The van der Waals surface area contributed by atoms with Gasteiger partial charge in [-0.2, -0.15) is 13.2 Å². The number of benzene rings is 3. The molecule has 2 amide bonds. The summed E-state index contributed by atoms with van der Waals surface area (Å²) in [4.78, 5) is 36.9. The molecular formula is C29H25F3N6O3S. The molecule has 2 aromatic heterocycles. The van der Waals surface area contributed by atoms with Crippen LogP contribution in [0.5, 0.6) is 0 Å². The summed E-state index contributed by atoms with van der Waals surface area (Å²) < 4.78 is 46.2. The highest BCUT2D eigenvalue weighted by molar-refractivity contribution is 7.22. The van der Waals surface area contributed by atoms with Crippen LogP contribution in [0.4, 0.5) is 28.8 Å².